The number of carbonyl (C=O) groups is 4. The van der Waals surface area contributed by atoms with E-state index in [1.54, 1.807) is 47.6 Å². The molecule has 1 aromatic heterocycles. The fourth-order valence-corrected chi connectivity index (χ4v) is 7.05. The molecule has 0 saturated carbocycles. The van der Waals surface area contributed by atoms with Crippen LogP contribution in [0.1, 0.15) is 44.3 Å². The van der Waals surface area contributed by atoms with Gasteiger partial charge in [0.15, 0.2) is 9.84 Å². The van der Waals surface area contributed by atoms with Gasteiger partial charge in [0.1, 0.15) is 18.2 Å². The highest BCUT2D eigenvalue weighted by molar-refractivity contribution is 7.90. The van der Waals surface area contributed by atoms with Gasteiger partial charge in [0.25, 0.3) is 11.8 Å². The number of nitrogens with zero attached hydrogens (tertiary/aromatic N) is 1. The first kappa shape index (κ1) is 38.6. The van der Waals surface area contributed by atoms with Crippen molar-refractivity contribution >= 4 is 67.9 Å². The molecule has 1 radical (unpaired) electrons. The Kier molecular flexibility index (Phi) is 12.5. The average Bonchev–Trinajstić information content (AvgIpc) is 3.57. The Balaban J connectivity index is 1.34. The fraction of sp³-hybridized carbons (Fsp3) is 0.306. The topological polar surface area (TPSA) is 168 Å². The summed E-state index contributed by atoms with van der Waals surface area (Å²) in [6.45, 7) is 5.40. The van der Waals surface area contributed by atoms with E-state index in [2.05, 4.69) is 12.2 Å². The molecule has 2 heterocycles. The SMILES string of the molecule is [CH2]COCCOC(=O)OC(C)OC(=O)[C@H](Cc1cccc(S(C)(=O)=O)c1)NC(=O)c1c(Cl)cc2c(c1Cl)CCN(C(=O)c1ccc3ccoc3c1)C2. The van der Waals surface area contributed by atoms with Crippen LogP contribution in [0, 0.1) is 6.92 Å². The minimum absolute atomic E-state index is 0.000502. The van der Waals surface area contributed by atoms with Gasteiger partial charge in [-0.05, 0) is 66.4 Å². The lowest BCUT2D eigenvalue weighted by atomic mass is 9.95. The van der Waals surface area contributed by atoms with Crippen LogP contribution in [0.3, 0.4) is 0 Å². The predicted octanol–water partition coefficient (Wildman–Crippen LogP) is 5.58. The van der Waals surface area contributed by atoms with Crippen LogP contribution in [0.5, 0.6) is 0 Å². The zero-order valence-electron chi connectivity index (χ0n) is 28.2. The number of furan rings is 1. The van der Waals surface area contributed by atoms with Crippen LogP contribution >= 0.6 is 23.2 Å². The van der Waals surface area contributed by atoms with Crippen molar-refractivity contribution in [1.29, 1.82) is 0 Å². The molecule has 52 heavy (non-hydrogen) atoms. The van der Waals surface area contributed by atoms with Gasteiger partial charge in [-0.25, -0.2) is 18.0 Å². The van der Waals surface area contributed by atoms with Gasteiger partial charge in [0.2, 0.25) is 6.29 Å². The van der Waals surface area contributed by atoms with E-state index < -0.39 is 40.2 Å². The lowest BCUT2D eigenvalue weighted by Gasteiger charge is -2.30. The van der Waals surface area contributed by atoms with Crippen LogP contribution in [0.25, 0.3) is 11.0 Å². The Bertz CT molecular complexity index is 2100. The number of hydrogen-bond acceptors (Lipinski definition) is 11. The molecule has 1 aliphatic rings. The van der Waals surface area contributed by atoms with Crippen LogP contribution in [0.2, 0.25) is 10.0 Å². The number of hydrogen-bond donors (Lipinski definition) is 1. The van der Waals surface area contributed by atoms with Crippen molar-refractivity contribution in [2.45, 2.75) is 43.5 Å². The molecule has 0 bridgehead atoms. The largest absolute Gasteiger partial charge is 0.511 e. The molecule has 2 atom stereocenters. The van der Waals surface area contributed by atoms with E-state index in [0.29, 0.717) is 40.8 Å². The number of amides is 2. The monoisotopic (exact) mass is 773 g/mol. The Labute approximate surface area is 309 Å². The van der Waals surface area contributed by atoms with E-state index >= 15 is 0 Å². The summed E-state index contributed by atoms with van der Waals surface area (Å²) in [5, 5.41) is 3.50. The second-order valence-electron chi connectivity index (χ2n) is 11.8. The van der Waals surface area contributed by atoms with Gasteiger partial charge in [-0.2, -0.15) is 0 Å². The molecule has 13 nitrogen and oxygen atoms in total. The molecular weight excluding hydrogens is 739 g/mol. The third-order valence-electron chi connectivity index (χ3n) is 8.11. The van der Waals surface area contributed by atoms with Crippen molar-refractivity contribution in [2.75, 3.05) is 32.6 Å². The summed E-state index contributed by atoms with van der Waals surface area (Å²) in [6, 6.07) is 13.0. The summed E-state index contributed by atoms with van der Waals surface area (Å²) < 4.78 is 50.0. The first-order valence-corrected chi connectivity index (χ1v) is 18.7. The van der Waals surface area contributed by atoms with E-state index in [1.165, 1.54) is 25.1 Å². The van der Waals surface area contributed by atoms with Gasteiger partial charge in [-0.15, -0.1) is 0 Å². The van der Waals surface area contributed by atoms with Crippen LogP contribution in [0.15, 0.2) is 70.2 Å². The number of halogens is 2. The van der Waals surface area contributed by atoms with Gasteiger partial charge in [-0.3, -0.25) is 9.59 Å². The molecule has 4 aromatic rings. The van der Waals surface area contributed by atoms with Crippen molar-refractivity contribution < 1.29 is 51.0 Å². The summed E-state index contributed by atoms with van der Waals surface area (Å²) in [4.78, 5) is 54.3. The van der Waals surface area contributed by atoms with Crippen LogP contribution < -0.4 is 5.32 Å². The number of ether oxygens (including phenoxy) is 4. The third-order valence-corrected chi connectivity index (χ3v) is 9.94. The van der Waals surface area contributed by atoms with Gasteiger partial charge < -0.3 is 33.6 Å². The number of nitrogens with one attached hydrogen (secondary N) is 1. The minimum Gasteiger partial charge on any atom is -0.464 e. The minimum atomic E-state index is -3.59. The highest BCUT2D eigenvalue weighted by Gasteiger charge is 2.31. The molecule has 0 spiro atoms. The molecule has 5 rings (SSSR count). The molecule has 3 aromatic carbocycles. The highest BCUT2D eigenvalue weighted by Crippen LogP contribution is 2.35. The molecule has 0 saturated heterocycles. The molecule has 275 valence electrons. The van der Waals surface area contributed by atoms with Gasteiger partial charge in [0.05, 0.1) is 33.4 Å². The van der Waals surface area contributed by atoms with Crippen molar-refractivity contribution in [3.8, 4) is 0 Å². The maximum atomic E-state index is 13.8. The molecule has 1 N–H and O–H groups in total. The van der Waals surface area contributed by atoms with E-state index in [0.717, 1.165) is 11.6 Å². The normalized spacial score (nSPS) is 13.9. The molecule has 0 fully saturated rings. The Morgan fingerprint density at radius 1 is 1.04 bits per heavy atom. The van der Waals surface area contributed by atoms with E-state index in [1.807, 2.05) is 0 Å². The second-order valence-corrected chi connectivity index (χ2v) is 14.6. The Morgan fingerprint density at radius 2 is 1.83 bits per heavy atom. The lowest BCUT2D eigenvalue weighted by molar-refractivity contribution is -0.170. The first-order chi connectivity index (χ1) is 24.7. The lowest BCUT2D eigenvalue weighted by Crippen LogP contribution is -2.45. The van der Waals surface area contributed by atoms with Gasteiger partial charge in [-0.1, -0.05) is 41.4 Å². The van der Waals surface area contributed by atoms with Crippen molar-refractivity contribution in [2.24, 2.45) is 0 Å². The molecule has 1 unspecified atom stereocenters. The number of rotatable bonds is 13. The van der Waals surface area contributed by atoms with Gasteiger partial charge >= 0.3 is 12.1 Å². The summed E-state index contributed by atoms with van der Waals surface area (Å²) in [5.41, 5.74) is 2.58. The number of sulfone groups is 1. The summed E-state index contributed by atoms with van der Waals surface area (Å²) >= 11 is 13.4. The van der Waals surface area contributed by atoms with Crippen LogP contribution in [0.4, 0.5) is 4.79 Å². The number of esters is 1. The van der Waals surface area contributed by atoms with Gasteiger partial charge in [0, 0.05) is 50.2 Å². The number of carbonyl (C=O) groups excluding carboxylic acids is 4. The first-order valence-electron chi connectivity index (χ1n) is 16.0. The summed E-state index contributed by atoms with van der Waals surface area (Å²) in [5.74, 6) is -2.04. The average molecular weight is 775 g/mol. The van der Waals surface area contributed by atoms with Crippen molar-refractivity contribution in [3.63, 3.8) is 0 Å². The van der Waals surface area contributed by atoms with E-state index in [9.17, 15) is 27.6 Å². The van der Waals surface area contributed by atoms with Crippen LogP contribution in [-0.2, 0) is 53.0 Å². The zero-order chi connectivity index (χ0) is 37.6. The summed E-state index contributed by atoms with van der Waals surface area (Å²) in [6.07, 6.45) is 0.135. The maximum absolute atomic E-state index is 13.8. The zero-order valence-corrected chi connectivity index (χ0v) is 30.5. The quantitative estimate of drug-likeness (QED) is 0.102. The number of benzene rings is 3. The molecular formula is C36H35Cl2N2O11S. The second kappa shape index (κ2) is 16.8. The van der Waals surface area contributed by atoms with Crippen molar-refractivity contribution in [3.05, 3.63) is 106 Å². The molecule has 0 aliphatic carbocycles. The predicted molar refractivity (Wildman–Crippen MR) is 190 cm³/mol. The number of fused-ring (bicyclic) bond motifs is 2. The van der Waals surface area contributed by atoms with Crippen LogP contribution in [-0.4, -0.2) is 82.2 Å². The fourth-order valence-electron chi connectivity index (χ4n) is 5.59. The third kappa shape index (κ3) is 9.42. The Hall–Kier alpha value is -4.63. The van der Waals surface area contributed by atoms with E-state index in [4.69, 9.17) is 46.6 Å². The summed E-state index contributed by atoms with van der Waals surface area (Å²) in [7, 11) is -3.59. The highest BCUT2D eigenvalue weighted by atomic mass is 35.5. The van der Waals surface area contributed by atoms with E-state index in [-0.39, 0.29) is 59.2 Å². The molecule has 2 amide bonds. The molecule has 16 heteroatoms. The van der Waals surface area contributed by atoms with Crippen molar-refractivity contribution in [1.82, 2.24) is 10.2 Å². The maximum Gasteiger partial charge on any atom is 0.511 e. The Morgan fingerprint density at radius 3 is 2.58 bits per heavy atom. The standard InChI is InChI=1S/C36H35Cl2N2O11S/c1-4-47-14-15-49-36(44)51-21(2)50-35(43)29(17-22-6-5-7-26(16-22)52(3,45)46)39-33(41)31-28(37)18-25-20-40(12-10-27(25)32(31)38)34(42)24-9-8-23-11-13-48-30(23)19-24/h5-9,11,13,16,18-19,21,29H,1,4,10,12,14-15,17,20H2,2-3H3,(H,39,41)/t21?,29-/m0/s1. The molecule has 1 aliphatic heterocycles. The smallest absolute Gasteiger partial charge is 0.464 e.